The van der Waals surface area contributed by atoms with E-state index in [1.54, 1.807) is 0 Å². The molecule has 0 rings (SSSR count). The molecule has 0 saturated carbocycles. The average Bonchev–Trinajstić information content (AvgIpc) is 2.83. The summed E-state index contributed by atoms with van der Waals surface area (Å²) in [5.74, 6) is 0. The van der Waals surface area contributed by atoms with Gasteiger partial charge in [0.2, 0.25) is 7.42 Å². The van der Waals surface area contributed by atoms with E-state index in [9.17, 15) is 0 Å². The van der Waals surface area contributed by atoms with Crippen LogP contribution in [0.5, 0.6) is 0 Å². The second-order valence-corrected chi connectivity index (χ2v) is 16.1. The summed E-state index contributed by atoms with van der Waals surface area (Å²) < 4.78 is 0. The molecule has 0 atom stereocenters. The van der Waals surface area contributed by atoms with Crippen molar-refractivity contribution in [2.45, 2.75) is 186 Å². The van der Waals surface area contributed by atoms with Crippen molar-refractivity contribution < 1.29 is 0 Å². The lowest BCUT2D eigenvalue weighted by Crippen LogP contribution is -1.97. The monoisotopic (exact) mass is 535 g/mol. The molecule has 1 nitrogen and oxygen atoms in total. The molecule has 2 N–H and O–H groups in total. The molecule has 206 valence electrons. The van der Waals surface area contributed by atoms with Gasteiger partial charge in [0, 0.05) is 0 Å². The minimum atomic E-state index is -1.33. The molecule has 0 aromatic carbocycles. The zero-order chi connectivity index (χ0) is 24.8. The molecule has 0 saturated heterocycles. The summed E-state index contributed by atoms with van der Waals surface area (Å²) in [6.45, 7) is 0.871. The average molecular weight is 537 g/mol. The number of rotatable bonds is 30. The van der Waals surface area contributed by atoms with Crippen molar-refractivity contribution in [3.05, 3.63) is 0 Å². The Morgan fingerprint density at radius 1 is 0.294 bits per heavy atom. The van der Waals surface area contributed by atoms with Crippen molar-refractivity contribution in [1.82, 2.24) is 0 Å². The van der Waals surface area contributed by atoms with Crippen LogP contribution in [0.15, 0.2) is 0 Å². The standard InChI is InChI=1S/C30H63Cl2NSi/c31-34(32)30-28-26-24-22-20-18-16-14-12-10-8-6-4-2-1-3-5-7-9-11-13-15-17-19-21-23-25-27-29-33/h34H,1-30,33H2. The minimum Gasteiger partial charge on any atom is -0.330 e. The molecule has 0 aliphatic carbocycles. The molecular weight excluding hydrogens is 473 g/mol. The van der Waals surface area contributed by atoms with Crippen molar-refractivity contribution in [2.24, 2.45) is 5.73 Å². The third kappa shape index (κ3) is 32.8. The topological polar surface area (TPSA) is 26.0 Å². The van der Waals surface area contributed by atoms with Crippen LogP contribution in [0.25, 0.3) is 0 Å². The van der Waals surface area contributed by atoms with Crippen molar-refractivity contribution >= 4 is 29.6 Å². The largest absolute Gasteiger partial charge is 0.330 e. The highest BCUT2D eigenvalue weighted by Gasteiger charge is 2.00. The van der Waals surface area contributed by atoms with E-state index in [2.05, 4.69) is 0 Å². The summed E-state index contributed by atoms with van der Waals surface area (Å²) in [6.07, 6.45) is 40.0. The fourth-order valence-electron chi connectivity index (χ4n) is 5.04. The molecule has 0 fully saturated rings. The second kappa shape index (κ2) is 31.8. The number of nitrogens with two attached hydrogens (primary N) is 1. The van der Waals surface area contributed by atoms with Crippen LogP contribution in [0, 0.1) is 0 Å². The molecule has 0 aliphatic rings. The maximum atomic E-state index is 5.90. The van der Waals surface area contributed by atoms with Crippen LogP contribution in [0.3, 0.4) is 0 Å². The minimum absolute atomic E-state index is 0.871. The Morgan fingerprint density at radius 2 is 0.471 bits per heavy atom. The van der Waals surface area contributed by atoms with E-state index in [0.717, 1.165) is 12.6 Å². The lowest BCUT2D eigenvalue weighted by molar-refractivity contribution is 0.514. The molecule has 0 radical (unpaired) electrons. The van der Waals surface area contributed by atoms with Crippen LogP contribution in [-0.4, -0.2) is 14.0 Å². The van der Waals surface area contributed by atoms with Crippen LogP contribution in [0.4, 0.5) is 0 Å². The molecule has 0 spiro atoms. The van der Waals surface area contributed by atoms with Crippen molar-refractivity contribution in [3.63, 3.8) is 0 Å². The maximum Gasteiger partial charge on any atom is 0.237 e. The van der Waals surface area contributed by atoms with Gasteiger partial charge in [0.1, 0.15) is 0 Å². The van der Waals surface area contributed by atoms with E-state index in [0.29, 0.717) is 0 Å². The molecule has 0 bridgehead atoms. The fourth-order valence-corrected chi connectivity index (χ4v) is 6.56. The zero-order valence-electron chi connectivity index (χ0n) is 23.1. The highest BCUT2D eigenvalue weighted by atomic mass is 35.7. The lowest BCUT2D eigenvalue weighted by atomic mass is 10.0. The van der Waals surface area contributed by atoms with Gasteiger partial charge in [0.05, 0.1) is 0 Å². The quantitative estimate of drug-likeness (QED) is 0.0551. The van der Waals surface area contributed by atoms with Crippen molar-refractivity contribution in [2.75, 3.05) is 6.54 Å². The first-order valence-corrected chi connectivity index (χ1v) is 20.1. The predicted octanol–water partition coefficient (Wildman–Crippen LogP) is 11.6. The van der Waals surface area contributed by atoms with Gasteiger partial charge in [-0.2, -0.15) is 22.2 Å². The van der Waals surface area contributed by atoms with E-state index in [-0.39, 0.29) is 0 Å². The summed E-state index contributed by atoms with van der Waals surface area (Å²) in [7, 11) is -1.33. The van der Waals surface area contributed by atoms with Gasteiger partial charge >= 0.3 is 0 Å². The maximum absolute atomic E-state index is 5.90. The molecule has 0 aromatic heterocycles. The normalized spacial score (nSPS) is 11.6. The number of hydrogen-bond donors (Lipinski definition) is 1. The van der Waals surface area contributed by atoms with Crippen molar-refractivity contribution in [1.29, 1.82) is 0 Å². The van der Waals surface area contributed by atoms with Crippen LogP contribution < -0.4 is 5.73 Å². The molecule has 34 heavy (non-hydrogen) atoms. The first-order valence-electron chi connectivity index (χ1n) is 15.8. The van der Waals surface area contributed by atoms with Crippen molar-refractivity contribution in [3.8, 4) is 0 Å². The predicted molar refractivity (Wildman–Crippen MR) is 162 cm³/mol. The third-order valence-corrected chi connectivity index (χ3v) is 9.53. The SMILES string of the molecule is NCCCCCCCCCCCCCCCCCCCCCCCCCCCCCC[SiH](Cl)Cl. The van der Waals surface area contributed by atoms with Gasteiger partial charge < -0.3 is 5.73 Å². The molecular formula is C30H63Cl2NSi. The Hall–Kier alpha value is 0.757. The van der Waals surface area contributed by atoms with E-state index in [1.165, 1.54) is 180 Å². The smallest absolute Gasteiger partial charge is 0.237 e. The van der Waals surface area contributed by atoms with Gasteiger partial charge in [0.15, 0.2) is 0 Å². The summed E-state index contributed by atoms with van der Waals surface area (Å²) in [5, 5.41) is 0. The number of unbranched alkanes of at least 4 members (excludes halogenated alkanes) is 27. The molecule has 0 heterocycles. The molecule has 4 heteroatoms. The fraction of sp³-hybridized carbons (Fsp3) is 1.00. The Balaban J connectivity index is 3.00. The first-order chi connectivity index (χ1) is 16.8. The molecule has 0 aromatic rings. The van der Waals surface area contributed by atoms with Crippen LogP contribution in [0.1, 0.15) is 180 Å². The van der Waals surface area contributed by atoms with E-state index in [4.69, 9.17) is 27.9 Å². The summed E-state index contributed by atoms with van der Waals surface area (Å²) >= 11 is 11.8. The Bertz CT molecular complexity index is 355. The molecule has 0 amide bonds. The van der Waals surface area contributed by atoms with Gasteiger partial charge in [-0.1, -0.05) is 173 Å². The summed E-state index contributed by atoms with van der Waals surface area (Å²) in [5.41, 5.74) is 5.54. The molecule has 0 unspecified atom stereocenters. The summed E-state index contributed by atoms with van der Waals surface area (Å²) in [4.78, 5) is 0. The Kier molecular flexibility index (Phi) is 32.5. The summed E-state index contributed by atoms with van der Waals surface area (Å²) in [6, 6.07) is 1.10. The van der Waals surface area contributed by atoms with Crippen LogP contribution in [0.2, 0.25) is 6.04 Å². The zero-order valence-corrected chi connectivity index (χ0v) is 25.8. The number of halogens is 2. The lowest BCUT2D eigenvalue weighted by Gasteiger charge is -2.04. The first kappa shape index (κ1) is 34.8. The highest BCUT2D eigenvalue weighted by molar-refractivity contribution is 7.33. The van der Waals surface area contributed by atoms with Gasteiger partial charge in [-0.25, -0.2) is 0 Å². The Morgan fingerprint density at radius 3 is 0.647 bits per heavy atom. The van der Waals surface area contributed by atoms with Crippen LogP contribution in [-0.2, 0) is 0 Å². The van der Waals surface area contributed by atoms with Gasteiger partial charge in [0.25, 0.3) is 0 Å². The van der Waals surface area contributed by atoms with Crippen LogP contribution >= 0.6 is 22.2 Å². The third-order valence-electron chi connectivity index (χ3n) is 7.38. The Labute approximate surface area is 227 Å². The molecule has 0 aliphatic heterocycles. The van der Waals surface area contributed by atoms with Gasteiger partial charge in [-0.05, 0) is 19.0 Å². The van der Waals surface area contributed by atoms with E-state index >= 15 is 0 Å². The van der Waals surface area contributed by atoms with E-state index in [1.807, 2.05) is 0 Å². The van der Waals surface area contributed by atoms with E-state index < -0.39 is 7.42 Å². The van der Waals surface area contributed by atoms with Gasteiger partial charge in [-0.15, -0.1) is 0 Å². The highest BCUT2D eigenvalue weighted by Crippen LogP contribution is 2.17. The second-order valence-electron chi connectivity index (χ2n) is 10.9. The van der Waals surface area contributed by atoms with Gasteiger partial charge in [-0.3, -0.25) is 0 Å². The number of hydrogen-bond acceptors (Lipinski definition) is 1.